The third-order valence-corrected chi connectivity index (χ3v) is 13.0. The van der Waals surface area contributed by atoms with Gasteiger partial charge < -0.3 is 19.5 Å². The summed E-state index contributed by atoms with van der Waals surface area (Å²) in [6.07, 6.45) is 3.09. The normalized spacial score (nSPS) is 11.9. The monoisotopic (exact) mass is 627 g/mol. The van der Waals surface area contributed by atoms with Crippen molar-refractivity contribution >= 4 is 25.1 Å². The van der Waals surface area contributed by atoms with Gasteiger partial charge in [0, 0.05) is 48.9 Å². The standard InChI is InChI=1S/C37H46FN3O3Si/c1-37(2,3)45(4,5)44-24-23-41(22-20-32-25-40-35-11-7-6-10-34(32)35)26-30-14-12-29(13-15-30)9-8-21-39-36(42)28-43-27-31-16-18-33(38)19-17-31/h6-7,10-19,25,40H,20-24,26-28H2,1-5H3,(H,39,42). The number of halogens is 1. The van der Waals surface area contributed by atoms with Crippen molar-refractivity contribution in [1.82, 2.24) is 15.2 Å². The van der Waals surface area contributed by atoms with Gasteiger partial charge in [0.25, 0.3) is 0 Å². The third-order valence-electron chi connectivity index (χ3n) is 8.43. The van der Waals surface area contributed by atoms with E-state index in [0.29, 0.717) is 0 Å². The van der Waals surface area contributed by atoms with Crippen molar-refractivity contribution in [2.45, 2.75) is 58.5 Å². The van der Waals surface area contributed by atoms with Crippen LogP contribution in [0.3, 0.4) is 0 Å². The van der Waals surface area contributed by atoms with E-state index in [0.717, 1.165) is 43.8 Å². The molecule has 0 aliphatic heterocycles. The summed E-state index contributed by atoms with van der Waals surface area (Å²) in [4.78, 5) is 17.9. The summed E-state index contributed by atoms with van der Waals surface area (Å²) in [7, 11) is -1.82. The van der Waals surface area contributed by atoms with E-state index < -0.39 is 8.32 Å². The fourth-order valence-corrected chi connectivity index (χ4v) is 5.70. The lowest BCUT2D eigenvalue weighted by molar-refractivity contribution is -0.125. The van der Waals surface area contributed by atoms with E-state index in [9.17, 15) is 9.18 Å². The number of aromatic amines is 1. The van der Waals surface area contributed by atoms with Gasteiger partial charge in [0.2, 0.25) is 5.91 Å². The summed E-state index contributed by atoms with van der Waals surface area (Å²) in [5.41, 5.74) is 5.43. The van der Waals surface area contributed by atoms with Gasteiger partial charge in [-0.3, -0.25) is 9.69 Å². The second-order valence-electron chi connectivity index (χ2n) is 12.9. The molecule has 0 unspecified atom stereocenters. The van der Waals surface area contributed by atoms with Crippen LogP contribution in [0.1, 0.15) is 43.0 Å². The molecule has 238 valence electrons. The lowest BCUT2D eigenvalue weighted by Gasteiger charge is -2.37. The van der Waals surface area contributed by atoms with Crippen LogP contribution in [0.2, 0.25) is 18.1 Å². The number of hydrogen-bond acceptors (Lipinski definition) is 4. The predicted molar refractivity (Wildman–Crippen MR) is 183 cm³/mol. The average Bonchev–Trinajstić information content (AvgIpc) is 3.42. The van der Waals surface area contributed by atoms with E-state index in [-0.39, 0.29) is 36.5 Å². The molecule has 0 bridgehead atoms. The summed E-state index contributed by atoms with van der Waals surface area (Å²) in [6, 6.07) is 22.8. The number of fused-ring (bicyclic) bond motifs is 1. The second kappa shape index (κ2) is 16.0. The van der Waals surface area contributed by atoms with Gasteiger partial charge in [0.1, 0.15) is 12.4 Å². The average molecular weight is 628 g/mol. The first-order valence-electron chi connectivity index (χ1n) is 15.6. The molecule has 1 heterocycles. The van der Waals surface area contributed by atoms with Gasteiger partial charge in [-0.1, -0.05) is 75.1 Å². The molecule has 0 saturated carbocycles. The Morgan fingerprint density at radius 3 is 2.42 bits per heavy atom. The summed E-state index contributed by atoms with van der Waals surface area (Å²) < 4.78 is 24.9. The maximum Gasteiger partial charge on any atom is 0.246 e. The number of H-pyrrole nitrogens is 1. The Morgan fingerprint density at radius 1 is 0.978 bits per heavy atom. The highest BCUT2D eigenvalue weighted by Crippen LogP contribution is 2.36. The van der Waals surface area contributed by atoms with Crippen LogP contribution in [0.5, 0.6) is 0 Å². The van der Waals surface area contributed by atoms with Crippen molar-refractivity contribution in [3.8, 4) is 11.8 Å². The Labute approximate surface area is 268 Å². The van der Waals surface area contributed by atoms with Crippen LogP contribution in [-0.2, 0) is 33.5 Å². The number of rotatable bonds is 14. The van der Waals surface area contributed by atoms with Crippen LogP contribution < -0.4 is 5.32 Å². The number of hydrogen-bond donors (Lipinski definition) is 2. The number of ether oxygens (including phenoxy) is 1. The summed E-state index contributed by atoms with van der Waals surface area (Å²) in [6.45, 7) is 15.2. The van der Waals surface area contributed by atoms with E-state index in [2.05, 4.69) is 104 Å². The maximum atomic E-state index is 13.0. The van der Waals surface area contributed by atoms with E-state index in [1.807, 2.05) is 12.1 Å². The molecule has 0 spiro atoms. The molecule has 0 radical (unpaired) electrons. The molecule has 0 atom stereocenters. The maximum absolute atomic E-state index is 13.0. The Morgan fingerprint density at radius 2 is 1.69 bits per heavy atom. The molecule has 0 saturated heterocycles. The van der Waals surface area contributed by atoms with Crippen molar-refractivity contribution in [3.63, 3.8) is 0 Å². The zero-order valence-corrected chi connectivity index (χ0v) is 28.2. The zero-order chi connectivity index (χ0) is 32.3. The number of carbonyl (C=O) groups is 1. The molecule has 45 heavy (non-hydrogen) atoms. The van der Waals surface area contributed by atoms with Crippen molar-refractivity contribution < 1.29 is 18.3 Å². The molecule has 8 heteroatoms. The van der Waals surface area contributed by atoms with Crippen molar-refractivity contribution in [2.75, 3.05) is 32.8 Å². The molecule has 1 amide bonds. The van der Waals surface area contributed by atoms with Gasteiger partial charge in [0.05, 0.1) is 13.2 Å². The van der Waals surface area contributed by atoms with Crippen LogP contribution >= 0.6 is 0 Å². The van der Waals surface area contributed by atoms with E-state index in [4.69, 9.17) is 9.16 Å². The molecule has 2 N–H and O–H groups in total. The lowest BCUT2D eigenvalue weighted by Crippen LogP contribution is -2.43. The first-order valence-corrected chi connectivity index (χ1v) is 18.5. The summed E-state index contributed by atoms with van der Waals surface area (Å²) >= 11 is 0. The SMILES string of the molecule is CC(C)(C)[Si](C)(C)OCCN(CCc1c[nH]c2ccccc12)Cc1ccc(C#CCNC(=O)COCc2ccc(F)cc2)cc1. The van der Waals surface area contributed by atoms with E-state index in [1.54, 1.807) is 12.1 Å². The van der Waals surface area contributed by atoms with Gasteiger partial charge in [0.15, 0.2) is 8.32 Å². The van der Waals surface area contributed by atoms with Crippen LogP contribution in [0.25, 0.3) is 10.9 Å². The molecule has 3 aromatic carbocycles. The van der Waals surface area contributed by atoms with Gasteiger partial charge in [-0.15, -0.1) is 0 Å². The van der Waals surface area contributed by atoms with Gasteiger partial charge in [-0.2, -0.15) is 0 Å². The Balaban J connectivity index is 1.27. The van der Waals surface area contributed by atoms with E-state index in [1.165, 1.54) is 34.2 Å². The number of benzene rings is 3. The number of para-hydroxylation sites is 1. The highest BCUT2D eigenvalue weighted by molar-refractivity contribution is 6.74. The molecule has 0 fully saturated rings. The number of carbonyl (C=O) groups excluding carboxylic acids is 1. The molecule has 4 rings (SSSR count). The molecule has 0 aliphatic rings. The summed E-state index contributed by atoms with van der Waals surface area (Å²) in [5, 5.41) is 4.21. The predicted octanol–water partition coefficient (Wildman–Crippen LogP) is 7.06. The molecular formula is C37H46FN3O3Si. The van der Waals surface area contributed by atoms with Crippen LogP contribution in [0.4, 0.5) is 4.39 Å². The number of aromatic nitrogens is 1. The minimum atomic E-state index is -1.82. The second-order valence-corrected chi connectivity index (χ2v) is 17.7. The van der Waals surface area contributed by atoms with Crippen LogP contribution in [0, 0.1) is 17.7 Å². The van der Waals surface area contributed by atoms with Crippen LogP contribution in [0.15, 0.2) is 79.0 Å². The highest BCUT2D eigenvalue weighted by atomic mass is 28.4. The molecular weight excluding hydrogens is 582 g/mol. The topological polar surface area (TPSA) is 66.6 Å². The lowest BCUT2D eigenvalue weighted by atomic mass is 10.1. The minimum Gasteiger partial charge on any atom is -0.416 e. The van der Waals surface area contributed by atoms with E-state index >= 15 is 0 Å². The number of nitrogens with one attached hydrogen (secondary N) is 2. The molecule has 1 aromatic heterocycles. The fraction of sp³-hybridized carbons (Fsp3) is 0.378. The first-order chi connectivity index (χ1) is 21.5. The zero-order valence-electron chi connectivity index (χ0n) is 27.2. The van der Waals surface area contributed by atoms with Crippen molar-refractivity contribution in [2.24, 2.45) is 0 Å². The first kappa shape index (κ1) is 34.1. The van der Waals surface area contributed by atoms with Gasteiger partial charge >= 0.3 is 0 Å². The third kappa shape index (κ3) is 10.7. The molecule has 4 aromatic rings. The minimum absolute atomic E-state index is 0.0779. The fourth-order valence-electron chi connectivity index (χ4n) is 4.67. The quantitative estimate of drug-likeness (QED) is 0.116. The number of amides is 1. The Hall–Kier alpha value is -3.74. The Kier molecular flexibility index (Phi) is 12.1. The Bertz CT molecular complexity index is 1580. The largest absolute Gasteiger partial charge is 0.416 e. The molecule has 0 aliphatic carbocycles. The van der Waals surface area contributed by atoms with Crippen molar-refractivity contribution in [3.05, 3.63) is 107 Å². The molecule has 6 nitrogen and oxygen atoms in total. The highest BCUT2D eigenvalue weighted by Gasteiger charge is 2.37. The van der Waals surface area contributed by atoms with Gasteiger partial charge in [-0.05, 0) is 71.6 Å². The van der Waals surface area contributed by atoms with Crippen molar-refractivity contribution in [1.29, 1.82) is 0 Å². The van der Waals surface area contributed by atoms with Crippen LogP contribution in [-0.4, -0.2) is 57.0 Å². The summed E-state index contributed by atoms with van der Waals surface area (Å²) in [5.74, 6) is 5.58. The van der Waals surface area contributed by atoms with Gasteiger partial charge in [-0.25, -0.2) is 4.39 Å². The smallest absolute Gasteiger partial charge is 0.246 e. The number of nitrogens with zero attached hydrogens (tertiary/aromatic N) is 1.